The number of hydrogen-bond donors (Lipinski definition) is 1. The number of halogens is 1. The van der Waals surface area contributed by atoms with E-state index in [1.807, 2.05) is 49.6 Å². The molecule has 0 spiro atoms. The lowest BCUT2D eigenvalue weighted by atomic mass is 10.00. The van der Waals surface area contributed by atoms with Crippen LogP contribution in [0.2, 0.25) is 0 Å². The lowest BCUT2D eigenvalue weighted by Gasteiger charge is -2.13. The zero-order valence-electron chi connectivity index (χ0n) is 16.9. The van der Waals surface area contributed by atoms with E-state index in [9.17, 15) is 9.18 Å². The van der Waals surface area contributed by atoms with Crippen molar-refractivity contribution in [1.82, 2.24) is 14.9 Å². The Hall–Kier alpha value is -3.47. The van der Waals surface area contributed by atoms with Crippen LogP contribution in [-0.4, -0.2) is 15.5 Å². The number of aromatic nitrogens is 2. The molecule has 0 aliphatic rings. The molecular weight excluding hydrogens is 377 g/mol. The smallest absolute Gasteiger partial charge is 0.223 e. The van der Waals surface area contributed by atoms with Crippen molar-refractivity contribution in [3.8, 4) is 0 Å². The van der Waals surface area contributed by atoms with Gasteiger partial charge in [-0.1, -0.05) is 55.5 Å². The summed E-state index contributed by atoms with van der Waals surface area (Å²) in [5.74, 6) is -0.530. The van der Waals surface area contributed by atoms with Gasteiger partial charge in [-0.05, 0) is 47.4 Å². The molecule has 4 aromatic rings. The summed E-state index contributed by atoms with van der Waals surface area (Å²) in [4.78, 5) is 16.8. The van der Waals surface area contributed by atoms with E-state index < -0.39 is 0 Å². The Bertz CT molecular complexity index is 1150. The van der Waals surface area contributed by atoms with Crippen LogP contribution in [0.4, 0.5) is 4.39 Å². The van der Waals surface area contributed by atoms with Crippen LogP contribution in [0.3, 0.4) is 0 Å². The molecule has 1 aromatic heterocycles. The van der Waals surface area contributed by atoms with Crippen molar-refractivity contribution < 1.29 is 9.18 Å². The second kappa shape index (κ2) is 8.91. The van der Waals surface area contributed by atoms with E-state index in [-0.39, 0.29) is 17.6 Å². The van der Waals surface area contributed by atoms with E-state index >= 15 is 0 Å². The van der Waals surface area contributed by atoms with Crippen LogP contribution < -0.4 is 5.32 Å². The number of benzene rings is 3. The van der Waals surface area contributed by atoms with Gasteiger partial charge in [0.2, 0.25) is 5.91 Å². The van der Waals surface area contributed by atoms with E-state index in [2.05, 4.69) is 33.1 Å². The number of fused-ring (bicyclic) bond motifs is 1. The Kier molecular flexibility index (Phi) is 5.89. The predicted octanol–water partition coefficient (Wildman–Crippen LogP) is 4.72. The molecule has 1 unspecified atom stereocenters. The van der Waals surface area contributed by atoms with Gasteiger partial charge < -0.3 is 9.88 Å². The molecule has 0 bridgehead atoms. The number of imidazole rings is 1. The summed E-state index contributed by atoms with van der Waals surface area (Å²) >= 11 is 0. The highest BCUT2D eigenvalue weighted by Gasteiger charge is 2.13. The number of nitrogens with zero attached hydrogens (tertiary/aromatic N) is 2. The summed E-state index contributed by atoms with van der Waals surface area (Å²) in [5, 5.41) is 2.97. The Balaban J connectivity index is 1.31. The predicted molar refractivity (Wildman–Crippen MR) is 116 cm³/mol. The van der Waals surface area contributed by atoms with E-state index in [0.29, 0.717) is 13.0 Å². The van der Waals surface area contributed by atoms with Crippen LogP contribution in [-0.2, 0) is 24.3 Å². The third-order valence-corrected chi connectivity index (χ3v) is 5.25. The fourth-order valence-electron chi connectivity index (χ4n) is 3.57. The van der Waals surface area contributed by atoms with Gasteiger partial charge in [-0.3, -0.25) is 4.79 Å². The summed E-state index contributed by atoms with van der Waals surface area (Å²) in [6.45, 7) is 3.08. The quantitative estimate of drug-likeness (QED) is 0.487. The molecular formula is C25H24FN3O. The van der Waals surface area contributed by atoms with Gasteiger partial charge in [0.25, 0.3) is 0 Å². The Labute approximate surface area is 175 Å². The van der Waals surface area contributed by atoms with Gasteiger partial charge in [-0.2, -0.15) is 0 Å². The maximum absolute atomic E-state index is 13.3. The van der Waals surface area contributed by atoms with Crippen molar-refractivity contribution in [2.75, 3.05) is 0 Å². The van der Waals surface area contributed by atoms with E-state index in [1.54, 1.807) is 6.07 Å². The maximum Gasteiger partial charge on any atom is 0.223 e. The first-order valence-corrected chi connectivity index (χ1v) is 10.1. The standard InChI is InChI=1S/C25H24FN3O/c1-18(13-21-5-4-6-22(26)14-21)25(30)27-15-19-9-11-20(12-10-19)16-29-17-28-23-7-2-3-8-24(23)29/h2-12,14,17-18H,13,15-16H2,1H3,(H,27,30). The number of carbonyl (C=O) groups excluding carboxylic acids is 1. The first kappa shape index (κ1) is 19.8. The molecule has 4 nitrogen and oxygen atoms in total. The SMILES string of the molecule is CC(Cc1cccc(F)c1)C(=O)NCc1ccc(Cn2cnc3ccccc32)cc1. The highest BCUT2D eigenvalue weighted by molar-refractivity contribution is 5.78. The first-order valence-electron chi connectivity index (χ1n) is 10.1. The third-order valence-electron chi connectivity index (χ3n) is 5.25. The van der Waals surface area contributed by atoms with Crippen molar-refractivity contribution in [3.05, 3.63) is 102 Å². The van der Waals surface area contributed by atoms with Gasteiger partial charge in [-0.15, -0.1) is 0 Å². The molecule has 5 heteroatoms. The minimum Gasteiger partial charge on any atom is -0.352 e. The molecule has 1 heterocycles. The fraction of sp³-hybridized carbons (Fsp3) is 0.200. The molecule has 0 fully saturated rings. The number of nitrogens with one attached hydrogen (secondary N) is 1. The molecule has 3 aromatic carbocycles. The van der Waals surface area contributed by atoms with Crippen LogP contribution in [0, 0.1) is 11.7 Å². The van der Waals surface area contributed by atoms with Crippen LogP contribution >= 0.6 is 0 Å². The molecule has 0 aliphatic heterocycles. The lowest BCUT2D eigenvalue weighted by Crippen LogP contribution is -2.29. The van der Waals surface area contributed by atoms with Crippen molar-refractivity contribution in [2.24, 2.45) is 5.92 Å². The van der Waals surface area contributed by atoms with Crippen LogP contribution in [0.5, 0.6) is 0 Å². The molecule has 0 saturated carbocycles. The van der Waals surface area contributed by atoms with Gasteiger partial charge >= 0.3 is 0 Å². The molecule has 4 rings (SSSR count). The second-order valence-corrected chi connectivity index (χ2v) is 7.63. The van der Waals surface area contributed by atoms with Crippen molar-refractivity contribution >= 4 is 16.9 Å². The van der Waals surface area contributed by atoms with Crippen molar-refractivity contribution in [3.63, 3.8) is 0 Å². The van der Waals surface area contributed by atoms with Crippen molar-refractivity contribution in [2.45, 2.75) is 26.4 Å². The Morgan fingerprint density at radius 3 is 2.57 bits per heavy atom. The summed E-state index contributed by atoms with van der Waals surface area (Å²) in [5.41, 5.74) is 5.15. The molecule has 0 aliphatic carbocycles. The molecule has 0 saturated heterocycles. The van der Waals surface area contributed by atoms with Crippen molar-refractivity contribution in [1.29, 1.82) is 0 Å². The number of para-hydroxylation sites is 2. The molecule has 1 N–H and O–H groups in total. The fourth-order valence-corrected chi connectivity index (χ4v) is 3.57. The normalized spacial score (nSPS) is 12.1. The van der Waals surface area contributed by atoms with Gasteiger partial charge in [0.15, 0.2) is 0 Å². The minimum atomic E-state index is -0.274. The number of hydrogen-bond acceptors (Lipinski definition) is 2. The summed E-state index contributed by atoms with van der Waals surface area (Å²) in [6.07, 6.45) is 2.38. The highest BCUT2D eigenvalue weighted by atomic mass is 19.1. The topological polar surface area (TPSA) is 46.9 Å². The summed E-state index contributed by atoms with van der Waals surface area (Å²) < 4.78 is 15.4. The Morgan fingerprint density at radius 2 is 1.77 bits per heavy atom. The second-order valence-electron chi connectivity index (χ2n) is 7.63. The van der Waals surface area contributed by atoms with Crippen LogP contribution in [0.1, 0.15) is 23.6 Å². The van der Waals surface area contributed by atoms with Gasteiger partial charge in [0, 0.05) is 19.0 Å². The minimum absolute atomic E-state index is 0.0341. The summed E-state index contributed by atoms with van der Waals surface area (Å²) in [6, 6.07) is 22.7. The van der Waals surface area contributed by atoms with Gasteiger partial charge in [-0.25, -0.2) is 9.37 Å². The average molecular weight is 401 g/mol. The summed E-state index contributed by atoms with van der Waals surface area (Å²) in [7, 11) is 0. The largest absolute Gasteiger partial charge is 0.352 e. The van der Waals surface area contributed by atoms with E-state index in [4.69, 9.17) is 0 Å². The lowest BCUT2D eigenvalue weighted by molar-refractivity contribution is -0.124. The third kappa shape index (κ3) is 4.74. The average Bonchev–Trinajstić information content (AvgIpc) is 3.16. The molecule has 1 atom stereocenters. The van der Waals surface area contributed by atoms with E-state index in [1.165, 1.54) is 17.7 Å². The van der Waals surface area contributed by atoms with Gasteiger partial charge in [0.1, 0.15) is 5.82 Å². The van der Waals surface area contributed by atoms with Crippen LogP contribution in [0.15, 0.2) is 79.1 Å². The maximum atomic E-state index is 13.3. The number of carbonyl (C=O) groups is 1. The number of rotatable bonds is 7. The molecule has 152 valence electrons. The zero-order chi connectivity index (χ0) is 20.9. The number of amides is 1. The Morgan fingerprint density at radius 1 is 1.00 bits per heavy atom. The highest BCUT2D eigenvalue weighted by Crippen LogP contribution is 2.15. The zero-order valence-corrected chi connectivity index (χ0v) is 16.9. The van der Waals surface area contributed by atoms with Gasteiger partial charge in [0.05, 0.1) is 17.4 Å². The van der Waals surface area contributed by atoms with E-state index in [0.717, 1.165) is 28.7 Å². The first-order chi connectivity index (χ1) is 14.6. The monoisotopic (exact) mass is 401 g/mol. The molecule has 0 radical (unpaired) electrons. The molecule has 30 heavy (non-hydrogen) atoms. The van der Waals surface area contributed by atoms with Crippen LogP contribution in [0.25, 0.3) is 11.0 Å². The molecule has 1 amide bonds.